The lowest BCUT2D eigenvalue weighted by atomic mass is 9.93. The molecule has 0 unspecified atom stereocenters. The molecular formula is C19H20ClN5. The van der Waals surface area contributed by atoms with Crippen LogP contribution in [0.15, 0.2) is 30.5 Å². The number of nitrogens with zero attached hydrogens (tertiary/aromatic N) is 5. The molecule has 25 heavy (non-hydrogen) atoms. The molecule has 0 amide bonds. The van der Waals surface area contributed by atoms with E-state index in [1.54, 1.807) is 6.20 Å². The Morgan fingerprint density at radius 1 is 1.04 bits per heavy atom. The first-order valence-electron chi connectivity index (χ1n) is 8.58. The van der Waals surface area contributed by atoms with Gasteiger partial charge in [0.2, 0.25) is 0 Å². The van der Waals surface area contributed by atoms with E-state index in [2.05, 4.69) is 38.1 Å². The van der Waals surface area contributed by atoms with Gasteiger partial charge in [-0.2, -0.15) is 0 Å². The summed E-state index contributed by atoms with van der Waals surface area (Å²) >= 11 is 6.00. The maximum absolute atomic E-state index is 6.00. The first-order valence-corrected chi connectivity index (χ1v) is 8.96. The summed E-state index contributed by atoms with van der Waals surface area (Å²) in [6, 6.07) is 8.15. The van der Waals surface area contributed by atoms with Gasteiger partial charge in [-0.15, -0.1) is 0 Å². The van der Waals surface area contributed by atoms with Gasteiger partial charge in [-0.05, 0) is 44.9 Å². The minimum atomic E-state index is 0.460. The Morgan fingerprint density at radius 2 is 1.84 bits per heavy atom. The molecule has 5 nitrogen and oxygen atoms in total. The summed E-state index contributed by atoms with van der Waals surface area (Å²) in [4.78, 5) is 20.4. The molecule has 1 aliphatic rings. The summed E-state index contributed by atoms with van der Waals surface area (Å²) in [6.07, 6.45) is 3.78. The Labute approximate surface area is 152 Å². The first kappa shape index (κ1) is 16.2. The summed E-state index contributed by atoms with van der Waals surface area (Å²) in [5.41, 5.74) is 2.91. The van der Waals surface area contributed by atoms with Crippen LogP contribution in [0.1, 0.15) is 36.0 Å². The fourth-order valence-electron chi connectivity index (χ4n) is 3.49. The number of hydrogen-bond acceptors (Lipinski definition) is 5. The summed E-state index contributed by atoms with van der Waals surface area (Å²) in [5, 5.41) is 1.63. The van der Waals surface area contributed by atoms with Gasteiger partial charge in [0.25, 0.3) is 0 Å². The second kappa shape index (κ2) is 6.56. The van der Waals surface area contributed by atoms with Crippen LogP contribution in [0.25, 0.3) is 11.0 Å². The van der Waals surface area contributed by atoms with Crippen molar-refractivity contribution in [1.82, 2.24) is 19.9 Å². The van der Waals surface area contributed by atoms with E-state index in [4.69, 9.17) is 16.6 Å². The van der Waals surface area contributed by atoms with Crippen LogP contribution < -0.4 is 4.90 Å². The summed E-state index contributed by atoms with van der Waals surface area (Å²) in [7, 11) is 0. The molecule has 4 rings (SSSR count). The number of aryl methyl sites for hydroxylation is 2. The van der Waals surface area contributed by atoms with Gasteiger partial charge in [-0.1, -0.05) is 11.6 Å². The molecule has 0 N–H and O–H groups in total. The fourth-order valence-corrected chi connectivity index (χ4v) is 3.66. The van der Waals surface area contributed by atoms with Crippen molar-refractivity contribution in [3.63, 3.8) is 0 Å². The minimum Gasteiger partial charge on any atom is -0.356 e. The third-order valence-electron chi connectivity index (χ3n) is 4.72. The standard InChI is InChI=1S/C19H20ClN5/c1-12-9-18(23-13(2)22-12)25-7-5-14(6-8-25)17-4-3-15-10-16(20)11-21-19(15)24-17/h3-4,9-11,14H,5-8H2,1-2H3. The Hall–Kier alpha value is -2.27. The molecule has 1 aliphatic heterocycles. The van der Waals surface area contributed by atoms with Gasteiger partial charge in [0.05, 0.1) is 5.02 Å². The number of rotatable bonds is 2. The molecular weight excluding hydrogens is 334 g/mol. The Balaban J connectivity index is 1.50. The Kier molecular flexibility index (Phi) is 4.25. The zero-order chi connectivity index (χ0) is 17.4. The average molecular weight is 354 g/mol. The molecule has 0 saturated carbocycles. The Bertz CT molecular complexity index is 899. The van der Waals surface area contributed by atoms with Gasteiger partial charge < -0.3 is 4.90 Å². The molecule has 1 fully saturated rings. The van der Waals surface area contributed by atoms with Crippen molar-refractivity contribution in [2.24, 2.45) is 0 Å². The lowest BCUT2D eigenvalue weighted by Crippen LogP contribution is -2.34. The smallest absolute Gasteiger partial charge is 0.159 e. The normalized spacial score (nSPS) is 15.7. The van der Waals surface area contributed by atoms with Crippen LogP contribution in [0.5, 0.6) is 0 Å². The number of fused-ring (bicyclic) bond motifs is 1. The van der Waals surface area contributed by atoms with Gasteiger partial charge in [0.1, 0.15) is 11.6 Å². The lowest BCUT2D eigenvalue weighted by Gasteiger charge is -2.32. The van der Waals surface area contributed by atoms with Crippen molar-refractivity contribution < 1.29 is 0 Å². The highest BCUT2D eigenvalue weighted by molar-refractivity contribution is 6.31. The van der Waals surface area contributed by atoms with Crippen molar-refractivity contribution in [3.8, 4) is 0 Å². The third-order valence-corrected chi connectivity index (χ3v) is 4.93. The van der Waals surface area contributed by atoms with Crippen LogP contribution in [0.2, 0.25) is 5.02 Å². The van der Waals surface area contributed by atoms with E-state index < -0.39 is 0 Å². The van der Waals surface area contributed by atoms with Crippen LogP contribution in [0, 0.1) is 13.8 Å². The van der Waals surface area contributed by atoms with E-state index in [0.29, 0.717) is 10.9 Å². The van der Waals surface area contributed by atoms with E-state index >= 15 is 0 Å². The van der Waals surface area contributed by atoms with Gasteiger partial charge >= 0.3 is 0 Å². The summed E-state index contributed by atoms with van der Waals surface area (Å²) < 4.78 is 0. The predicted octanol–water partition coefficient (Wildman–Crippen LogP) is 4.07. The molecule has 0 aliphatic carbocycles. The lowest BCUT2D eigenvalue weighted by molar-refractivity contribution is 0.494. The molecule has 6 heteroatoms. The van der Waals surface area contributed by atoms with E-state index in [9.17, 15) is 0 Å². The van der Waals surface area contributed by atoms with Crippen LogP contribution >= 0.6 is 11.6 Å². The SMILES string of the molecule is Cc1cc(N2CCC(c3ccc4cc(Cl)cnc4n3)CC2)nc(C)n1. The molecule has 128 valence electrons. The zero-order valence-electron chi connectivity index (χ0n) is 14.4. The van der Waals surface area contributed by atoms with Crippen molar-refractivity contribution in [3.05, 3.63) is 52.7 Å². The van der Waals surface area contributed by atoms with Gasteiger partial charge in [0, 0.05) is 48.0 Å². The molecule has 3 aromatic rings. The molecule has 0 bridgehead atoms. The van der Waals surface area contributed by atoms with Crippen LogP contribution in [-0.4, -0.2) is 33.0 Å². The molecule has 1 saturated heterocycles. The summed E-state index contributed by atoms with van der Waals surface area (Å²) in [6.45, 7) is 5.92. The highest BCUT2D eigenvalue weighted by atomic mass is 35.5. The fraction of sp³-hybridized carbons (Fsp3) is 0.368. The molecule has 0 radical (unpaired) electrons. The van der Waals surface area contributed by atoms with Crippen LogP contribution in [0.3, 0.4) is 0 Å². The van der Waals surface area contributed by atoms with E-state index in [0.717, 1.165) is 60.0 Å². The molecule has 3 aromatic heterocycles. The number of aromatic nitrogens is 4. The highest BCUT2D eigenvalue weighted by Gasteiger charge is 2.23. The van der Waals surface area contributed by atoms with Crippen molar-refractivity contribution in [2.75, 3.05) is 18.0 Å². The maximum atomic E-state index is 6.00. The van der Waals surface area contributed by atoms with Gasteiger partial charge in [-0.25, -0.2) is 19.9 Å². The number of anilines is 1. The molecule has 0 spiro atoms. The van der Waals surface area contributed by atoms with E-state index in [1.807, 2.05) is 19.9 Å². The molecule has 4 heterocycles. The van der Waals surface area contributed by atoms with Gasteiger partial charge in [0.15, 0.2) is 5.65 Å². The van der Waals surface area contributed by atoms with Crippen LogP contribution in [0.4, 0.5) is 5.82 Å². The second-order valence-electron chi connectivity index (χ2n) is 6.61. The first-order chi connectivity index (χ1) is 12.1. The van der Waals surface area contributed by atoms with Crippen LogP contribution in [-0.2, 0) is 0 Å². The van der Waals surface area contributed by atoms with E-state index in [-0.39, 0.29) is 0 Å². The highest BCUT2D eigenvalue weighted by Crippen LogP contribution is 2.30. The quantitative estimate of drug-likeness (QED) is 0.695. The van der Waals surface area contributed by atoms with Crippen molar-refractivity contribution in [1.29, 1.82) is 0 Å². The monoisotopic (exact) mass is 353 g/mol. The maximum Gasteiger partial charge on any atom is 0.159 e. The molecule has 0 atom stereocenters. The van der Waals surface area contributed by atoms with E-state index in [1.165, 1.54) is 0 Å². The number of halogens is 1. The molecule has 0 aromatic carbocycles. The predicted molar refractivity (Wildman–Crippen MR) is 100 cm³/mol. The second-order valence-corrected chi connectivity index (χ2v) is 7.05. The zero-order valence-corrected chi connectivity index (χ0v) is 15.2. The summed E-state index contributed by atoms with van der Waals surface area (Å²) in [5.74, 6) is 2.33. The third kappa shape index (κ3) is 3.42. The van der Waals surface area contributed by atoms with Crippen molar-refractivity contribution in [2.45, 2.75) is 32.6 Å². The number of piperidine rings is 1. The number of hydrogen-bond donors (Lipinski definition) is 0. The number of pyridine rings is 2. The van der Waals surface area contributed by atoms with Crippen molar-refractivity contribution >= 4 is 28.5 Å². The topological polar surface area (TPSA) is 54.8 Å². The average Bonchev–Trinajstić information content (AvgIpc) is 2.60. The Morgan fingerprint density at radius 3 is 2.60 bits per heavy atom. The minimum absolute atomic E-state index is 0.460. The largest absolute Gasteiger partial charge is 0.356 e. The van der Waals surface area contributed by atoms with Gasteiger partial charge in [-0.3, -0.25) is 0 Å².